The van der Waals surface area contributed by atoms with E-state index in [2.05, 4.69) is 49.6 Å². The van der Waals surface area contributed by atoms with Crippen LogP contribution in [0.5, 0.6) is 5.75 Å². The quantitative estimate of drug-likeness (QED) is 0.337. The first kappa shape index (κ1) is 30.4. The third-order valence-corrected chi connectivity index (χ3v) is 6.74. The predicted octanol–water partition coefficient (Wildman–Crippen LogP) is 6.20. The summed E-state index contributed by atoms with van der Waals surface area (Å²) in [5.41, 5.74) is 7.34. The number of hydrogen-bond donors (Lipinski definition) is 1. The zero-order chi connectivity index (χ0) is 24.5. The maximum atomic E-state index is 12.8. The van der Waals surface area contributed by atoms with Crippen molar-refractivity contribution in [3.05, 3.63) is 52.5 Å². The molecule has 36 heavy (non-hydrogen) atoms. The fraction of sp³-hybridized carbons (Fsp3) is 0.417. The van der Waals surface area contributed by atoms with Crippen molar-refractivity contribution in [2.45, 2.75) is 25.7 Å². The fourth-order valence-electron chi connectivity index (χ4n) is 4.72. The Morgan fingerprint density at radius 1 is 1.08 bits per heavy atom. The number of likely N-dealkylation sites (tertiary alicyclic amines) is 1. The number of benzene rings is 2. The molecule has 0 amide bonds. The van der Waals surface area contributed by atoms with Crippen LogP contribution in [0.3, 0.4) is 0 Å². The topological polar surface area (TPSA) is 64.3 Å². The molecule has 4 rings (SSSR count). The summed E-state index contributed by atoms with van der Waals surface area (Å²) in [6.07, 6.45) is -2.82. The highest BCUT2D eigenvalue weighted by Crippen LogP contribution is 2.33. The first-order valence-corrected chi connectivity index (χ1v) is 11.9. The zero-order valence-electron chi connectivity index (χ0n) is 20.0. The van der Waals surface area contributed by atoms with Gasteiger partial charge in [0.15, 0.2) is 0 Å². The highest BCUT2D eigenvalue weighted by atomic mass is 79.9. The van der Waals surface area contributed by atoms with Crippen LogP contribution >= 0.6 is 40.7 Å². The smallest absolute Gasteiger partial charge is 0.405 e. The molecule has 1 saturated heterocycles. The molecule has 0 spiro atoms. The molecule has 1 aromatic heterocycles. The molecule has 1 aliphatic rings. The maximum absolute atomic E-state index is 12.8. The van der Waals surface area contributed by atoms with Crippen molar-refractivity contribution in [2.24, 2.45) is 5.92 Å². The van der Waals surface area contributed by atoms with Crippen molar-refractivity contribution in [2.75, 3.05) is 39.5 Å². The van der Waals surface area contributed by atoms with Crippen LogP contribution in [0.4, 0.5) is 24.9 Å². The van der Waals surface area contributed by atoms with E-state index in [0.29, 0.717) is 27.0 Å². The molecule has 6 nitrogen and oxygen atoms in total. The highest BCUT2D eigenvalue weighted by molar-refractivity contribution is 9.10. The van der Waals surface area contributed by atoms with Gasteiger partial charge in [-0.3, -0.25) is 9.38 Å². The third-order valence-electron chi connectivity index (χ3n) is 6.24. The van der Waals surface area contributed by atoms with E-state index in [1.165, 1.54) is 6.07 Å². The number of hydrogen-bond acceptors (Lipinski definition) is 5. The van der Waals surface area contributed by atoms with Crippen molar-refractivity contribution < 1.29 is 17.9 Å². The Kier molecular flexibility index (Phi) is 10.2. The minimum atomic E-state index is -4.72. The van der Waals surface area contributed by atoms with E-state index < -0.39 is 6.36 Å². The van der Waals surface area contributed by atoms with Gasteiger partial charge in [-0.1, -0.05) is 34.1 Å². The minimum Gasteiger partial charge on any atom is -0.405 e. The molecule has 12 heteroatoms. The molecule has 0 saturated carbocycles. The SMILES string of the molecule is C[N+](C)(CC1CCN(Cc2ccc(Br)cc2OC(F)(F)F)CC1)c1nc(N)nc2ccccc12.Cl.Cl. The Hall–Kier alpha value is -1.85. The van der Waals surface area contributed by atoms with E-state index in [9.17, 15) is 13.2 Å². The predicted molar refractivity (Wildman–Crippen MR) is 146 cm³/mol. The molecule has 0 bridgehead atoms. The molecule has 0 aliphatic carbocycles. The van der Waals surface area contributed by atoms with E-state index in [1.807, 2.05) is 24.3 Å². The second-order valence-electron chi connectivity index (χ2n) is 9.31. The summed E-state index contributed by atoms with van der Waals surface area (Å²) in [4.78, 5) is 11.1. The summed E-state index contributed by atoms with van der Waals surface area (Å²) < 4.78 is 43.9. The number of fused-ring (bicyclic) bond motifs is 1. The maximum Gasteiger partial charge on any atom is 0.573 e. The van der Waals surface area contributed by atoms with Crippen LogP contribution in [0.1, 0.15) is 18.4 Å². The van der Waals surface area contributed by atoms with Crippen LogP contribution < -0.4 is 15.0 Å². The third kappa shape index (κ3) is 7.58. The molecular weight excluding hydrogens is 582 g/mol. The van der Waals surface area contributed by atoms with Gasteiger partial charge in [-0.2, -0.15) is 4.98 Å². The summed E-state index contributed by atoms with van der Waals surface area (Å²) in [6.45, 7) is 2.91. The molecule has 0 unspecified atom stereocenters. The fourth-order valence-corrected chi connectivity index (χ4v) is 5.06. The molecule has 1 fully saturated rings. The lowest BCUT2D eigenvalue weighted by atomic mass is 9.95. The molecule has 198 valence electrons. The molecule has 2 heterocycles. The van der Waals surface area contributed by atoms with Gasteiger partial charge in [-0.05, 0) is 50.2 Å². The molecule has 0 atom stereocenters. The van der Waals surface area contributed by atoms with Gasteiger partial charge in [0.1, 0.15) is 5.75 Å². The van der Waals surface area contributed by atoms with Crippen LogP contribution in [0.15, 0.2) is 46.9 Å². The van der Waals surface area contributed by atoms with Crippen molar-refractivity contribution in [1.29, 1.82) is 0 Å². The number of nitrogens with zero attached hydrogens (tertiary/aromatic N) is 4. The lowest BCUT2D eigenvalue weighted by molar-refractivity contribution is -0.275. The standard InChI is InChI=1S/C24H28BrF3N5O.2ClH/c1-33(2,22-19-5-3-4-6-20(19)30-23(29)31-22)15-16-9-11-32(12-10-16)14-17-7-8-18(25)13-21(17)34-24(26,27)28;;/h3-8,13,16H,9-12,14-15H2,1-2H3,(H2,29,30,31);2*1H/q+1;;. The van der Waals surface area contributed by atoms with Crippen molar-refractivity contribution in [3.8, 4) is 5.75 Å². The van der Waals surface area contributed by atoms with E-state index in [4.69, 9.17) is 5.73 Å². The number of rotatable bonds is 6. The average Bonchev–Trinajstić information content (AvgIpc) is 2.75. The van der Waals surface area contributed by atoms with Crippen LogP contribution in [-0.4, -0.2) is 55.0 Å². The van der Waals surface area contributed by atoms with Crippen LogP contribution in [0.25, 0.3) is 10.9 Å². The summed E-state index contributed by atoms with van der Waals surface area (Å²) >= 11 is 3.22. The number of quaternary nitrogens is 1. The number of nitrogens with two attached hydrogens (primary N) is 1. The van der Waals surface area contributed by atoms with Gasteiger partial charge in [-0.15, -0.1) is 38.0 Å². The van der Waals surface area contributed by atoms with Gasteiger partial charge in [0.25, 0.3) is 0 Å². The molecule has 2 aromatic carbocycles. The van der Waals surface area contributed by atoms with E-state index in [-0.39, 0.29) is 36.5 Å². The first-order chi connectivity index (χ1) is 16.0. The second kappa shape index (κ2) is 12.1. The van der Waals surface area contributed by atoms with E-state index in [0.717, 1.165) is 49.2 Å². The first-order valence-electron chi connectivity index (χ1n) is 11.1. The van der Waals surface area contributed by atoms with Gasteiger partial charge in [0.05, 0.1) is 31.5 Å². The van der Waals surface area contributed by atoms with Crippen LogP contribution in [0.2, 0.25) is 0 Å². The van der Waals surface area contributed by atoms with Gasteiger partial charge in [-0.25, -0.2) is 4.98 Å². The highest BCUT2D eigenvalue weighted by Gasteiger charge is 2.33. The van der Waals surface area contributed by atoms with Crippen molar-refractivity contribution >= 4 is 63.4 Å². The molecule has 3 aromatic rings. The van der Waals surface area contributed by atoms with Gasteiger partial charge in [0, 0.05) is 22.5 Å². The lowest BCUT2D eigenvalue weighted by Gasteiger charge is -2.37. The van der Waals surface area contributed by atoms with E-state index >= 15 is 0 Å². The van der Waals surface area contributed by atoms with Gasteiger partial charge >= 0.3 is 6.36 Å². The Morgan fingerprint density at radius 2 is 1.75 bits per heavy atom. The second-order valence-corrected chi connectivity index (χ2v) is 10.2. The molecule has 0 radical (unpaired) electrons. The Bertz CT molecular complexity index is 1170. The summed E-state index contributed by atoms with van der Waals surface area (Å²) in [5.74, 6) is 1.46. The van der Waals surface area contributed by atoms with Crippen molar-refractivity contribution in [1.82, 2.24) is 19.4 Å². The molecule has 2 N–H and O–H groups in total. The van der Waals surface area contributed by atoms with Crippen LogP contribution in [-0.2, 0) is 6.54 Å². The van der Waals surface area contributed by atoms with E-state index in [1.54, 1.807) is 12.1 Å². The number of para-hydroxylation sites is 1. The normalized spacial score (nSPS) is 15.3. The van der Waals surface area contributed by atoms with Crippen molar-refractivity contribution in [3.63, 3.8) is 0 Å². The Balaban J connectivity index is 0.00000228. The summed E-state index contributed by atoms with van der Waals surface area (Å²) in [7, 11) is 4.26. The van der Waals surface area contributed by atoms with Gasteiger partial charge in [0.2, 0.25) is 11.8 Å². The van der Waals surface area contributed by atoms with Crippen LogP contribution in [0, 0.1) is 5.92 Å². The monoisotopic (exact) mass is 610 g/mol. The number of piperidine rings is 1. The summed E-state index contributed by atoms with van der Waals surface area (Å²) in [5, 5.41) is 0.992. The molecular formula is C24H30BrCl2F3N5O+. The number of ether oxygens (including phenoxy) is 1. The lowest BCUT2D eigenvalue weighted by Crippen LogP contribution is -2.48. The Morgan fingerprint density at radius 3 is 2.42 bits per heavy atom. The number of halogens is 6. The number of nitrogen functional groups attached to an aromatic ring is 1. The average molecular weight is 612 g/mol. The summed E-state index contributed by atoms with van der Waals surface area (Å²) in [6, 6.07) is 12.7. The largest absolute Gasteiger partial charge is 0.573 e. The zero-order valence-corrected chi connectivity index (χ0v) is 23.2. The number of aromatic nitrogens is 2. The molecule has 1 aliphatic heterocycles. The number of alkyl halides is 3. The Labute approximate surface area is 229 Å². The number of anilines is 1. The van der Waals surface area contributed by atoms with Gasteiger partial charge < -0.3 is 10.5 Å². The minimum absolute atomic E-state index is 0.